The Kier molecular flexibility index (Phi) is 4.39. The molecule has 5 heteroatoms. The number of hydrogen-bond donors (Lipinski definition) is 0. The van der Waals surface area contributed by atoms with Crippen molar-refractivity contribution < 1.29 is 13.7 Å². The average Bonchev–Trinajstić information content (AvgIpc) is 2.80. The van der Waals surface area contributed by atoms with Crippen LogP contribution >= 0.6 is 0 Å². The molecular weight excluding hydrogens is 247 g/mol. The minimum Gasteiger partial charge on any atom is -0.339 e. The summed E-state index contributed by atoms with van der Waals surface area (Å²) < 4.78 is 17.8. The Balaban J connectivity index is 1.97. The molecule has 1 aromatic heterocycles. The maximum Gasteiger partial charge on any atom is 0.234 e. The van der Waals surface area contributed by atoms with Crippen molar-refractivity contribution in [1.82, 2.24) is 10.1 Å². The van der Waals surface area contributed by atoms with Crippen LogP contribution in [0, 0.1) is 5.82 Å². The van der Waals surface area contributed by atoms with Gasteiger partial charge in [0.1, 0.15) is 11.6 Å². The zero-order chi connectivity index (χ0) is 13.7. The second kappa shape index (κ2) is 6.22. The van der Waals surface area contributed by atoms with Crippen LogP contribution in [0.3, 0.4) is 0 Å². The molecule has 0 spiro atoms. The van der Waals surface area contributed by atoms with Crippen LogP contribution in [-0.2, 0) is 17.6 Å². The minimum atomic E-state index is -0.275. The van der Waals surface area contributed by atoms with Crippen molar-refractivity contribution in [3.63, 3.8) is 0 Å². The number of nitrogens with zero attached hydrogens (tertiary/aromatic N) is 2. The molecule has 1 aromatic carbocycles. The quantitative estimate of drug-likeness (QED) is 0.803. The smallest absolute Gasteiger partial charge is 0.234 e. The van der Waals surface area contributed by atoms with Crippen molar-refractivity contribution in [3.8, 4) is 0 Å². The van der Waals surface area contributed by atoms with Gasteiger partial charge >= 0.3 is 0 Å². The molecule has 0 atom stereocenters. The number of carbonyl (C=O) groups excluding carboxylic acids is 1. The van der Waals surface area contributed by atoms with E-state index in [0.717, 1.165) is 12.0 Å². The third kappa shape index (κ3) is 3.98. The van der Waals surface area contributed by atoms with Crippen LogP contribution in [0.25, 0.3) is 0 Å². The molecule has 0 aliphatic carbocycles. The maximum absolute atomic E-state index is 12.8. The van der Waals surface area contributed by atoms with Crippen LogP contribution in [-0.4, -0.2) is 15.9 Å². The lowest BCUT2D eigenvalue weighted by Gasteiger charge is -1.95. The molecule has 0 radical (unpaired) electrons. The molecule has 0 fully saturated rings. The number of ketones is 1. The molecule has 0 amide bonds. The summed E-state index contributed by atoms with van der Waals surface area (Å²) in [6.45, 7) is 1.95. The third-order valence-corrected chi connectivity index (χ3v) is 2.66. The standard InChI is InChI=1S/C14H15FN2O2/c1-2-3-12(18)9-14-16-13(17-19-14)8-10-4-6-11(15)7-5-10/h4-7H,2-3,8-9H2,1H3. The van der Waals surface area contributed by atoms with E-state index in [9.17, 15) is 9.18 Å². The van der Waals surface area contributed by atoms with Gasteiger partial charge in [-0.3, -0.25) is 4.79 Å². The number of aromatic nitrogens is 2. The van der Waals surface area contributed by atoms with E-state index in [0.29, 0.717) is 24.6 Å². The summed E-state index contributed by atoms with van der Waals surface area (Å²) in [6.07, 6.45) is 1.99. The zero-order valence-electron chi connectivity index (χ0n) is 10.7. The van der Waals surface area contributed by atoms with E-state index in [1.807, 2.05) is 6.92 Å². The molecule has 1 heterocycles. The number of benzene rings is 1. The van der Waals surface area contributed by atoms with Gasteiger partial charge in [-0.2, -0.15) is 4.98 Å². The van der Waals surface area contributed by atoms with Gasteiger partial charge in [0, 0.05) is 12.8 Å². The normalized spacial score (nSPS) is 10.6. The summed E-state index contributed by atoms with van der Waals surface area (Å²) >= 11 is 0. The number of rotatable bonds is 6. The third-order valence-electron chi connectivity index (χ3n) is 2.66. The van der Waals surface area contributed by atoms with Crippen LogP contribution < -0.4 is 0 Å². The number of Topliss-reactive ketones (excluding diaryl/α,β-unsaturated/α-hetero) is 1. The highest BCUT2D eigenvalue weighted by atomic mass is 19.1. The van der Waals surface area contributed by atoms with E-state index >= 15 is 0 Å². The molecule has 2 aromatic rings. The van der Waals surface area contributed by atoms with Gasteiger partial charge in [-0.05, 0) is 24.1 Å². The van der Waals surface area contributed by atoms with E-state index < -0.39 is 0 Å². The molecule has 0 saturated heterocycles. The van der Waals surface area contributed by atoms with Crippen LogP contribution in [0.5, 0.6) is 0 Å². The van der Waals surface area contributed by atoms with E-state index in [1.54, 1.807) is 12.1 Å². The number of carbonyl (C=O) groups is 1. The van der Waals surface area contributed by atoms with Crippen LogP contribution in [0.1, 0.15) is 37.0 Å². The fourth-order valence-corrected chi connectivity index (χ4v) is 1.75. The SMILES string of the molecule is CCCC(=O)Cc1nc(Cc2ccc(F)cc2)no1. The van der Waals surface area contributed by atoms with Gasteiger partial charge in [-0.25, -0.2) is 4.39 Å². The Morgan fingerprint density at radius 2 is 2.05 bits per heavy atom. The van der Waals surface area contributed by atoms with Crippen molar-refractivity contribution in [2.45, 2.75) is 32.6 Å². The average molecular weight is 262 g/mol. The fraction of sp³-hybridized carbons (Fsp3) is 0.357. The van der Waals surface area contributed by atoms with E-state index in [4.69, 9.17) is 4.52 Å². The summed E-state index contributed by atoms with van der Waals surface area (Å²) in [7, 11) is 0. The highest BCUT2D eigenvalue weighted by Crippen LogP contribution is 2.09. The molecule has 0 unspecified atom stereocenters. The van der Waals surface area contributed by atoms with Crippen molar-refractivity contribution >= 4 is 5.78 Å². The predicted octanol–water partition coefficient (Wildman–Crippen LogP) is 2.71. The second-order valence-electron chi connectivity index (χ2n) is 4.37. The zero-order valence-corrected chi connectivity index (χ0v) is 10.7. The van der Waals surface area contributed by atoms with Crippen LogP contribution in [0.4, 0.5) is 4.39 Å². The van der Waals surface area contributed by atoms with Crippen LogP contribution in [0.15, 0.2) is 28.8 Å². The fourth-order valence-electron chi connectivity index (χ4n) is 1.75. The van der Waals surface area contributed by atoms with Crippen molar-refractivity contribution in [2.75, 3.05) is 0 Å². The van der Waals surface area contributed by atoms with Crippen LogP contribution in [0.2, 0.25) is 0 Å². The topological polar surface area (TPSA) is 56.0 Å². The van der Waals surface area contributed by atoms with Gasteiger partial charge in [0.2, 0.25) is 5.89 Å². The van der Waals surface area contributed by atoms with E-state index in [-0.39, 0.29) is 18.0 Å². The Morgan fingerprint density at radius 3 is 2.74 bits per heavy atom. The van der Waals surface area contributed by atoms with Gasteiger partial charge in [-0.15, -0.1) is 0 Å². The first-order valence-corrected chi connectivity index (χ1v) is 6.25. The summed E-state index contributed by atoms with van der Waals surface area (Å²) in [4.78, 5) is 15.6. The lowest BCUT2D eigenvalue weighted by atomic mass is 10.1. The largest absolute Gasteiger partial charge is 0.339 e. The summed E-state index contributed by atoms with van der Waals surface area (Å²) in [5, 5.41) is 3.81. The van der Waals surface area contributed by atoms with Gasteiger partial charge < -0.3 is 4.52 Å². The Morgan fingerprint density at radius 1 is 1.32 bits per heavy atom. The molecule has 2 rings (SSSR count). The molecule has 0 aliphatic rings. The van der Waals surface area contributed by atoms with Gasteiger partial charge in [0.25, 0.3) is 0 Å². The Labute approximate surface area is 110 Å². The van der Waals surface area contributed by atoms with Gasteiger partial charge in [-0.1, -0.05) is 24.2 Å². The molecule has 0 N–H and O–H groups in total. The minimum absolute atomic E-state index is 0.0967. The first kappa shape index (κ1) is 13.4. The van der Waals surface area contributed by atoms with Crippen molar-refractivity contribution in [2.24, 2.45) is 0 Å². The highest BCUT2D eigenvalue weighted by molar-refractivity contribution is 5.79. The maximum atomic E-state index is 12.8. The lowest BCUT2D eigenvalue weighted by Crippen LogP contribution is -2.02. The summed E-state index contributed by atoms with van der Waals surface area (Å²) in [5.41, 5.74) is 0.897. The first-order valence-electron chi connectivity index (χ1n) is 6.25. The Hall–Kier alpha value is -2.04. The second-order valence-corrected chi connectivity index (χ2v) is 4.37. The summed E-state index contributed by atoms with van der Waals surface area (Å²) in [5.74, 6) is 0.670. The number of halogens is 1. The highest BCUT2D eigenvalue weighted by Gasteiger charge is 2.11. The molecule has 0 bridgehead atoms. The van der Waals surface area contributed by atoms with Gasteiger partial charge in [0.05, 0.1) is 6.42 Å². The van der Waals surface area contributed by atoms with E-state index in [1.165, 1.54) is 12.1 Å². The Bertz CT molecular complexity index is 549. The number of hydrogen-bond acceptors (Lipinski definition) is 4. The van der Waals surface area contributed by atoms with Crippen molar-refractivity contribution in [1.29, 1.82) is 0 Å². The molecular formula is C14H15FN2O2. The summed E-state index contributed by atoms with van der Waals surface area (Å²) in [6, 6.07) is 6.13. The lowest BCUT2D eigenvalue weighted by molar-refractivity contribution is -0.118. The van der Waals surface area contributed by atoms with E-state index in [2.05, 4.69) is 10.1 Å². The van der Waals surface area contributed by atoms with Gasteiger partial charge in [0.15, 0.2) is 5.82 Å². The molecule has 100 valence electrons. The molecule has 19 heavy (non-hydrogen) atoms. The molecule has 0 aliphatic heterocycles. The van der Waals surface area contributed by atoms with Crippen molar-refractivity contribution in [3.05, 3.63) is 47.4 Å². The molecule has 4 nitrogen and oxygen atoms in total. The molecule has 0 saturated carbocycles. The monoisotopic (exact) mass is 262 g/mol. The first-order chi connectivity index (χ1) is 9.17. The predicted molar refractivity (Wildman–Crippen MR) is 67.1 cm³/mol.